The minimum Gasteiger partial charge on any atom is -0.485 e. The van der Waals surface area contributed by atoms with E-state index in [1.807, 2.05) is 0 Å². The van der Waals surface area contributed by atoms with Crippen LogP contribution in [0.3, 0.4) is 0 Å². The molecule has 1 aromatic heterocycles. The minimum absolute atomic E-state index is 0.0259. The molecule has 0 fully saturated rings. The van der Waals surface area contributed by atoms with E-state index in [2.05, 4.69) is 0 Å². The number of carbonyl (C=O) groups excluding carboxylic acids is 1. The van der Waals surface area contributed by atoms with Crippen molar-refractivity contribution in [1.29, 1.82) is 10.5 Å². The summed E-state index contributed by atoms with van der Waals surface area (Å²) in [6.07, 6.45) is 1.52. The smallest absolute Gasteiger partial charge is 0.271 e. The van der Waals surface area contributed by atoms with Crippen LogP contribution in [-0.2, 0) is 14.6 Å². The molecule has 1 unspecified atom stereocenters. The second kappa shape index (κ2) is 6.00. The van der Waals surface area contributed by atoms with Gasteiger partial charge in [0, 0.05) is 12.1 Å². The number of aromatic nitrogens is 1. The van der Waals surface area contributed by atoms with Gasteiger partial charge < -0.3 is 4.74 Å². The number of nitrogens with zero attached hydrogens (tertiary/aromatic N) is 3. The van der Waals surface area contributed by atoms with E-state index in [1.54, 1.807) is 49.7 Å². The molecule has 21 heavy (non-hydrogen) atoms. The summed E-state index contributed by atoms with van der Waals surface area (Å²) < 4.78 is 6.71. The lowest BCUT2D eigenvalue weighted by atomic mass is 9.91. The highest BCUT2D eigenvalue weighted by atomic mass is 16.5. The van der Waals surface area contributed by atoms with Crippen LogP contribution in [0.1, 0.15) is 6.92 Å². The predicted octanol–water partition coefficient (Wildman–Crippen LogP) is 0.905. The average Bonchev–Trinajstić information content (AvgIpc) is 2.51. The topological polar surface area (TPSA) is 97.7 Å². The first-order chi connectivity index (χ1) is 10.2. The highest BCUT2D eigenvalue weighted by Crippen LogP contribution is 2.28. The molecule has 0 N–H and O–H groups in total. The molecule has 1 aromatic rings. The normalized spacial score (nSPS) is 18.3. The maximum absolute atomic E-state index is 12.5. The summed E-state index contributed by atoms with van der Waals surface area (Å²) in [7, 11) is 0. The van der Waals surface area contributed by atoms with Gasteiger partial charge in [-0.1, -0.05) is 6.07 Å². The van der Waals surface area contributed by atoms with Crippen molar-refractivity contribution in [3.05, 3.63) is 47.5 Å². The number of ether oxygens (including phenoxy) is 1. The van der Waals surface area contributed by atoms with Crippen molar-refractivity contribution >= 4 is 11.5 Å². The third-order valence-electron chi connectivity index (χ3n) is 2.96. The third-order valence-corrected chi connectivity index (χ3v) is 2.96. The quantitative estimate of drug-likeness (QED) is 0.769. The number of ketones is 1. The Labute approximate surface area is 121 Å². The number of rotatable bonds is 3. The molecule has 1 radical (unpaired) electrons. The van der Waals surface area contributed by atoms with Crippen molar-refractivity contribution in [2.24, 2.45) is 0 Å². The first-order valence-corrected chi connectivity index (χ1v) is 6.24. The van der Waals surface area contributed by atoms with Gasteiger partial charge in [0.2, 0.25) is 17.6 Å². The maximum atomic E-state index is 12.5. The summed E-state index contributed by atoms with van der Waals surface area (Å²) in [5.74, 6) is -0.904. The van der Waals surface area contributed by atoms with Crippen LogP contribution in [0.15, 0.2) is 47.5 Å². The van der Waals surface area contributed by atoms with Gasteiger partial charge in [0.05, 0.1) is 18.2 Å². The van der Waals surface area contributed by atoms with Crippen molar-refractivity contribution in [1.82, 2.24) is 0 Å². The molecule has 1 aliphatic carbocycles. The molecule has 6 nitrogen and oxygen atoms in total. The monoisotopic (exact) mass is 281 g/mol. The Morgan fingerprint density at radius 1 is 1.24 bits per heavy atom. The lowest BCUT2D eigenvalue weighted by Gasteiger charge is -2.18. The molecule has 1 atom stereocenters. The fourth-order valence-corrected chi connectivity index (χ4v) is 2.06. The molecule has 0 bridgehead atoms. The lowest BCUT2D eigenvalue weighted by molar-refractivity contribution is -0.588. The fraction of sp³-hybridized carbons (Fsp3) is 0.200. The van der Waals surface area contributed by atoms with E-state index in [1.165, 1.54) is 4.57 Å². The largest absolute Gasteiger partial charge is 0.485 e. The molecule has 0 spiro atoms. The van der Waals surface area contributed by atoms with Gasteiger partial charge in [-0.3, -0.25) is 4.79 Å². The van der Waals surface area contributed by atoms with Crippen LogP contribution in [0.5, 0.6) is 0 Å². The van der Waals surface area contributed by atoms with Crippen LogP contribution in [0, 0.1) is 22.7 Å². The van der Waals surface area contributed by atoms with Crippen LogP contribution in [0.25, 0.3) is 5.70 Å². The molecule has 0 aromatic carbocycles. The van der Waals surface area contributed by atoms with Crippen LogP contribution in [0.2, 0.25) is 0 Å². The third kappa shape index (κ3) is 2.40. The van der Waals surface area contributed by atoms with Gasteiger partial charge in [-0.25, -0.2) is 5.11 Å². The standard InChI is InChI=1S/C15H11N3O3/c1-2-21-15-12(18-6-4-3-5-7-18)13(19)10(8-16)11(9-17)14(15)20/h3-7,13H,2H2,1H3/q+1. The summed E-state index contributed by atoms with van der Waals surface area (Å²) in [6.45, 7) is 1.84. The SMILES string of the molecule is CCOC1=C([n+]2ccccc2)C([O])C(C#N)=C(C#N)C1=O. The summed E-state index contributed by atoms with van der Waals surface area (Å²) >= 11 is 0. The van der Waals surface area contributed by atoms with Crippen LogP contribution < -0.4 is 4.57 Å². The maximum Gasteiger partial charge on any atom is 0.271 e. The summed E-state index contributed by atoms with van der Waals surface area (Å²) in [5.41, 5.74) is -0.795. The molecule has 0 amide bonds. The Kier molecular flexibility index (Phi) is 4.13. The zero-order valence-electron chi connectivity index (χ0n) is 11.2. The summed E-state index contributed by atoms with van der Waals surface area (Å²) in [4.78, 5) is 12.3. The molecular formula is C15H11N3O3+. The van der Waals surface area contributed by atoms with Gasteiger partial charge in [0.1, 0.15) is 11.6 Å². The highest BCUT2D eigenvalue weighted by molar-refractivity contribution is 6.15. The second-order valence-electron chi connectivity index (χ2n) is 4.15. The summed E-state index contributed by atoms with van der Waals surface area (Å²) in [6, 6.07) is 8.42. The van der Waals surface area contributed by atoms with E-state index in [4.69, 9.17) is 15.3 Å². The molecule has 0 saturated carbocycles. The van der Waals surface area contributed by atoms with E-state index in [9.17, 15) is 9.90 Å². The Morgan fingerprint density at radius 2 is 1.90 bits per heavy atom. The molecular weight excluding hydrogens is 270 g/mol. The van der Waals surface area contributed by atoms with E-state index < -0.39 is 17.5 Å². The molecule has 1 aliphatic rings. The molecule has 0 saturated heterocycles. The van der Waals surface area contributed by atoms with Gasteiger partial charge in [-0.05, 0) is 6.92 Å². The number of allylic oxidation sites excluding steroid dienone is 1. The highest BCUT2D eigenvalue weighted by Gasteiger charge is 2.43. The Morgan fingerprint density at radius 3 is 2.43 bits per heavy atom. The number of pyridine rings is 1. The zero-order chi connectivity index (χ0) is 15.4. The van der Waals surface area contributed by atoms with E-state index in [0.717, 1.165) is 0 Å². The fourth-order valence-electron chi connectivity index (χ4n) is 2.06. The van der Waals surface area contributed by atoms with Gasteiger partial charge in [0.25, 0.3) is 5.70 Å². The van der Waals surface area contributed by atoms with Crippen LogP contribution >= 0.6 is 0 Å². The molecule has 103 valence electrons. The molecule has 1 heterocycles. The van der Waals surface area contributed by atoms with Crippen molar-refractivity contribution in [3.8, 4) is 12.1 Å². The average molecular weight is 281 g/mol. The van der Waals surface area contributed by atoms with Crippen molar-refractivity contribution in [2.75, 3.05) is 6.61 Å². The van der Waals surface area contributed by atoms with Crippen molar-refractivity contribution in [3.63, 3.8) is 0 Å². The van der Waals surface area contributed by atoms with Crippen molar-refractivity contribution < 1.29 is 19.2 Å². The van der Waals surface area contributed by atoms with E-state index >= 15 is 0 Å². The number of nitriles is 2. The van der Waals surface area contributed by atoms with Gasteiger partial charge in [0.15, 0.2) is 12.4 Å². The molecule has 6 heteroatoms. The van der Waals surface area contributed by atoms with Gasteiger partial charge in [-0.15, -0.1) is 0 Å². The first-order valence-electron chi connectivity index (χ1n) is 6.24. The number of hydrogen-bond donors (Lipinski definition) is 0. The Balaban J connectivity index is 2.69. The Hall–Kier alpha value is -2.96. The van der Waals surface area contributed by atoms with Crippen LogP contribution in [-0.4, -0.2) is 18.5 Å². The lowest BCUT2D eigenvalue weighted by Crippen LogP contribution is -2.43. The molecule has 0 aliphatic heterocycles. The predicted molar refractivity (Wildman–Crippen MR) is 69.2 cm³/mol. The minimum atomic E-state index is -1.64. The van der Waals surface area contributed by atoms with Gasteiger partial charge in [-0.2, -0.15) is 15.1 Å². The number of hydrogen-bond acceptors (Lipinski definition) is 4. The van der Waals surface area contributed by atoms with E-state index in [-0.39, 0.29) is 23.6 Å². The van der Waals surface area contributed by atoms with Crippen LogP contribution in [0.4, 0.5) is 0 Å². The number of Topliss-reactive ketones (excluding diaryl/α,β-unsaturated/α-hetero) is 1. The second-order valence-corrected chi connectivity index (χ2v) is 4.15. The Bertz CT molecular complexity index is 721. The van der Waals surface area contributed by atoms with Crippen molar-refractivity contribution in [2.45, 2.75) is 13.0 Å². The van der Waals surface area contributed by atoms with E-state index in [0.29, 0.717) is 0 Å². The van der Waals surface area contributed by atoms with Gasteiger partial charge >= 0.3 is 0 Å². The summed E-state index contributed by atoms with van der Waals surface area (Å²) in [5, 5.41) is 30.6. The first kappa shape index (κ1) is 14.4. The zero-order valence-corrected chi connectivity index (χ0v) is 11.2. The molecule has 2 rings (SSSR count). The number of carbonyl (C=O) groups is 1.